The second kappa shape index (κ2) is 6.58. The summed E-state index contributed by atoms with van der Waals surface area (Å²) in [7, 11) is 0. The Morgan fingerprint density at radius 3 is 2.47 bits per heavy atom. The summed E-state index contributed by atoms with van der Waals surface area (Å²) in [5.74, 6) is -0.725. The summed E-state index contributed by atoms with van der Waals surface area (Å²) >= 11 is 12.0. The molecule has 0 bridgehead atoms. The van der Waals surface area contributed by atoms with Gasteiger partial charge in [-0.15, -0.1) is 11.6 Å². The number of likely N-dealkylation sites (tertiary alicyclic amines) is 1. The zero-order chi connectivity index (χ0) is 13.8. The first-order chi connectivity index (χ1) is 9.09. The Hall–Kier alpha value is -0.800. The van der Waals surface area contributed by atoms with E-state index in [1.165, 1.54) is 18.2 Å². The zero-order valence-corrected chi connectivity index (χ0v) is 12.1. The van der Waals surface area contributed by atoms with Crippen LogP contribution in [0.25, 0.3) is 0 Å². The Bertz CT molecular complexity index is 459. The van der Waals surface area contributed by atoms with E-state index in [1.807, 2.05) is 0 Å². The van der Waals surface area contributed by atoms with E-state index in [1.54, 1.807) is 4.90 Å². The first-order valence-corrected chi connectivity index (χ1v) is 7.29. The molecule has 1 amide bonds. The number of hydrogen-bond donors (Lipinski definition) is 0. The molecule has 1 saturated heterocycles. The van der Waals surface area contributed by atoms with E-state index in [4.69, 9.17) is 23.2 Å². The van der Waals surface area contributed by atoms with E-state index < -0.39 is 11.2 Å². The maximum absolute atomic E-state index is 13.7. The highest BCUT2D eigenvalue weighted by molar-refractivity contribution is 6.32. The van der Waals surface area contributed by atoms with Crippen LogP contribution < -0.4 is 0 Å². The van der Waals surface area contributed by atoms with Crippen molar-refractivity contribution in [3.8, 4) is 0 Å². The molecule has 104 valence electrons. The number of rotatable bonds is 2. The molecular weight excluding hydrogens is 288 g/mol. The predicted molar refractivity (Wildman–Crippen MR) is 75.1 cm³/mol. The molecule has 0 N–H and O–H groups in total. The lowest BCUT2D eigenvalue weighted by atomic mass is 10.1. The van der Waals surface area contributed by atoms with Crippen LogP contribution in [-0.4, -0.2) is 23.9 Å². The Kier molecular flexibility index (Phi) is 5.06. The average molecular weight is 304 g/mol. The number of carbonyl (C=O) groups is 1. The van der Waals surface area contributed by atoms with Crippen LogP contribution in [0, 0.1) is 5.82 Å². The van der Waals surface area contributed by atoms with Gasteiger partial charge in [0.1, 0.15) is 11.2 Å². The van der Waals surface area contributed by atoms with Crippen molar-refractivity contribution in [2.45, 2.75) is 31.1 Å². The number of halogens is 3. The van der Waals surface area contributed by atoms with E-state index >= 15 is 0 Å². The highest BCUT2D eigenvalue weighted by atomic mass is 35.5. The molecule has 1 fully saturated rings. The zero-order valence-electron chi connectivity index (χ0n) is 10.5. The minimum atomic E-state index is -1.00. The highest BCUT2D eigenvalue weighted by Crippen LogP contribution is 2.28. The van der Waals surface area contributed by atoms with Gasteiger partial charge in [0, 0.05) is 23.7 Å². The molecule has 1 heterocycles. The SMILES string of the molecule is O=C(C(Cl)c1cc(Cl)ccc1F)N1CCCCCC1. The van der Waals surface area contributed by atoms with Crippen molar-refractivity contribution in [1.82, 2.24) is 4.90 Å². The van der Waals surface area contributed by atoms with E-state index in [-0.39, 0.29) is 11.5 Å². The van der Waals surface area contributed by atoms with Crippen LogP contribution in [0.2, 0.25) is 5.02 Å². The van der Waals surface area contributed by atoms with E-state index in [0.29, 0.717) is 18.1 Å². The molecule has 0 saturated carbocycles. The third kappa shape index (κ3) is 3.61. The van der Waals surface area contributed by atoms with Crippen LogP contribution in [0.1, 0.15) is 36.6 Å². The lowest BCUT2D eigenvalue weighted by Gasteiger charge is -2.23. The van der Waals surface area contributed by atoms with Gasteiger partial charge in [-0.2, -0.15) is 0 Å². The van der Waals surface area contributed by atoms with Gasteiger partial charge >= 0.3 is 0 Å². The summed E-state index contributed by atoms with van der Waals surface area (Å²) in [6, 6.07) is 4.10. The van der Waals surface area contributed by atoms with E-state index in [0.717, 1.165) is 25.7 Å². The van der Waals surface area contributed by atoms with Crippen LogP contribution >= 0.6 is 23.2 Å². The predicted octanol–water partition coefficient (Wildman–Crippen LogP) is 4.16. The molecule has 1 unspecified atom stereocenters. The molecule has 2 rings (SSSR count). The van der Waals surface area contributed by atoms with Crippen molar-refractivity contribution in [3.63, 3.8) is 0 Å². The van der Waals surface area contributed by atoms with Gasteiger partial charge < -0.3 is 4.90 Å². The molecular formula is C14H16Cl2FNO. The average Bonchev–Trinajstić information content (AvgIpc) is 2.69. The van der Waals surface area contributed by atoms with Crippen molar-refractivity contribution in [2.75, 3.05) is 13.1 Å². The standard InChI is InChI=1S/C14H16Cl2FNO/c15-10-5-6-12(17)11(9-10)13(16)14(19)18-7-3-1-2-4-8-18/h5-6,9,13H,1-4,7-8H2. The van der Waals surface area contributed by atoms with Crippen molar-refractivity contribution >= 4 is 29.1 Å². The van der Waals surface area contributed by atoms with Crippen LogP contribution in [0.4, 0.5) is 4.39 Å². The number of hydrogen-bond acceptors (Lipinski definition) is 1. The summed E-state index contributed by atoms with van der Waals surface area (Å²) in [4.78, 5) is 14.0. The minimum absolute atomic E-state index is 0.156. The number of nitrogens with zero attached hydrogens (tertiary/aromatic N) is 1. The quantitative estimate of drug-likeness (QED) is 0.751. The number of amides is 1. The Balaban J connectivity index is 2.15. The van der Waals surface area contributed by atoms with Crippen molar-refractivity contribution < 1.29 is 9.18 Å². The van der Waals surface area contributed by atoms with Crippen molar-refractivity contribution in [3.05, 3.63) is 34.6 Å². The summed E-state index contributed by atoms with van der Waals surface area (Å²) in [5, 5.41) is -0.623. The van der Waals surface area contributed by atoms with Gasteiger partial charge in [0.15, 0.2) is 0 Å². The molecule has 1 aliphatic heterocycles. The van der Waals surface area contributed by atoms with Crippen LogP contribution in [0.3, 0.4) is 0 Å². The second-order valence-corrected chi connectivity index (χ2v) is 5.64. The normalized spacial score (nSPS) is 17.9. The molecule has 1 aliphatic rings. The maximum atomic E-state index is 13.7. The van der Waals surface area contributed by atoms with Gasteiger partial charge in [-0.3, -0.25) is 4.79 Å². The molecule has 1 aromatic rings. The molecule has 0 radical (unpaired) electrons. The Morgan fingerprint density at radius 1 is 1.21 bits per heavy atom. The van der Waals surface area contributed by atoms with Crippen LogP contribution in [0.5, 0.6) is 0 Å². The summed E-state index contributed by atoms with van der Waals surface area (Å²) in [6.07, 6.45) is 4.21. The van der Waals surface area contributed by atoms with Gasteiger partial charge in [-0.1, -0.05) is 24.4 Å². The summed E-state index contributed by atoms with van der Waals surface area (Å²) in [6.45, 7) is 1.40. The van der Waals surface area contributed by atoms with Crippen LogP contribution in [-0.2, 0) is 4.79 Å². The smallest absolute Gasteiger partial charge is 0.245 e. The second-order valence-electron chi connectivity index (χ2n) is 4.77. The minimum Gasteiger partial charge on any atom is -0.341 e. The first kappa shape index (κ1) is 14.6. The number of benzene rings is 1. The molecule has 1 aromatic carbocycles. The fourth-order valence-electron chi connectivity index (χ4n) is 2.29. The van der Waals surface area contributed by atoms with Gasteiger partial charge in [0.2, 0.25) is 5.91 Å². The molecule has 19 heavy (non-hydrogen) atoms. The van der Waals surface area contributed by atoms with Gasteiger partial charge in [0.25, 0.3) is 0 Å². The summed E-state index contributed by atoms with van der Waals surface area (Å²) in [5.41, 5.74) is 0.156. The van der Waals surface area contributed by atoms with E-state index in [2.05, 4.69) is 0 Å². The van der Waals surface area contributed by atoms with Gasteiger partial charge in [-0.25, -0.2) is 4.39 Å². The topological polar surface area (TPSA) is 20.3 Å². The van der Waals surface area contributed by atoms with Crippen molar-refractivity contribution in [1.29, 1.82) is 0 Å². The molecule has 5 heteroatoms. The van der Waals surface area contributed by atoms with E-state index in [9.17, 15) is 9.18 Å². The number of alkyl halides is 1. The van der Waals surface area contributed by atoms with Crippen molar-refractivity contribution in [2.24, 2.45) is 0 Å². The molecule has 2 nitrogen and oxygen atoms in total. The Morgan fingerprint density at radius 2 is 1.84 bits per heavy atom. The monoisotopic (exact) mass is 303 g/mol. The van der Waals surface area contributed by atoms with Gasteiger partial charge in [-0.05, 0) is 31.0 Å². The molecule has 1 atom stereocenters. The number of carbonyl (C=O) groups excluding carboxylic acids is 1. The van der Waals surface area contributed by atoms with Crippen LogP contribution in [0.15, 0.2) is 18.2 Å². The highest BCUT2D eigenvalue weighted by Gasteiger charge is 2.26. The molecule has 0 spiro atoms. The third-order valence-electron chi connectivity index (χ3n) is 3.37. The fourth-order valence-corrected chi connectivity index (χ4v) is 2.78. The maximum Gasteiger partial charge on any atom is 0.245 e. The molecule has 0 aromatic heterocycles. The third-order valence-corrected chi connectivity index (χ3v) is 4.02. The first-order valence-electron chi connectivity index (χ1n) is 6.47. The lowest BCUT2D eigenvalue weighted by molar-refractivity contribution is -0.130. The largest absolute Gasteiger partial charge is 0.341 e. The van der Waals surface area contributed by atoms with Gasteiger partial charge in [0.05, 0.1) is 0 Å². The lowest BCUT2D eigenvalue weighted by Crippen LogP contribution is -2.34. The molecule has 0 aliphatic carbocycles. The Labute approximate surface area is 122 Å². The fraction of sp³-hybridized carbons (Fsp3) is 0.500. The summed E-state index contributed by atoms with van der Waals surface area (Å²) < 4.78 is 13.7.